The van der Waals surface area contributed by atoms with Gasteiger partial charge in [0, 0.05) is 23.7 Å². The highest BCUT2D eigenvalue weighted by atomic mass is 16.5. The summed E-state index contributed by atoms with van der Waals surface area (Å²) in [6.07, 6.45) is 5.64. The van der Waals surface area contributed by atoms with Crippen molar-refractivity contribution < 1.29 is 24.7 Å². The molecule has 0 unspecified atom stereocenters. The van der Waals surface area contributed by atoms with Gasteiger partial charge in [-0.15, -0.1) is 0 Å². The molecule has 35 heavy (non-hydrogen) atoms. The third-order valence-corrected chi connectivity index (χ3v) is 5.25. The molecule has 0 radical (unpaired) electrons. The minimum Gasteiger partial charge on any atom is -0.392 e. The van der Waals surface area contributed by atoms with E-state index in [1.165, 1.54) is 5.48 Å². The molecule has 0 aliphatic heterocycles. The summed E-state index contributed by atoms with van der Waals surface area (Å²) in [4.78, 5) is 36.4. The lowest BCUT2D eigenvalue weighted by atomic mass is 10.1. The number of aliphatic hydroxyl groups excluding tert-OH is 1. The van der Waals surface area contributed by atoms with Crippen LogP contribution < -0.4 is 21.4 Å². The lowest BCUT2D eigenvalue weighted by Crippen LogP contribution is -2.52. The monoisotopic (exact) mass is 476 g/mol. The van der Waals surface area contributed by atoms with E-state index in [9.17, 15) is 14.4 Å². The summed E-state index contributed by atoms with van der Waals surface area (Å²) in [5, 5.41) is 26.2. The van der Waals surface area contributed by atoms with Crippen molar-refractivity contribution in [1.29, 1.82) is 0 Å². The zero-order chi connectivity index (χ0) is 25.0. The van der Waals surface area contributed by atoms with Crippen LogP contribution in [-0.2, 0) is 16.2 Å². The number of benzene rings is 2. The van der Waals surface area contributed by atoms with Gasteiger partial charge < -0.3 is 21.1 Å². The Morgan fingerprint density at radius 2 is 1.77 bits per heavy atom. The molecule has 3 rings (SSSR count). The van der Waals surface area contributed by atoms with Gasteiger partial charge in [0.25, 0.3) is 11.8 Å². The average molecular weight is 477 g/mol. The normalized spacial score (nSPS) is 13.4. The highest BCUT2D eigenvalue weighted by molar-refractivity contribution is 5.97. The van der Waals surface area contributed by atoms with Crippen molar-refractivity contribution in [3.8, 4) is 11.8 Å². The topological polar surface area (TPSA) is 140 Å². The number of hydrogen-bond acceptors (Lipinski definition) is 6. The van der Waals surface area contributed by atoms with E-state index in [4.69, 9.17) is 10.3 Å². The average Bonchev–Trinajstić information content (AvgIpc) is 3.72. The number of aliphatic hydroxyl groups is 1. The van der Waals surface area contributed by atoms with Crippen LogP contribution in [0.15, 0.2) is 54.6 Å². The lowest BCUT2D eigenvalue weighted by molar-refractivity contribution is -0.131. The molecule has 0 heterocycles. The molecule has 0 aromatic heterocycles. The first kappa shape index (κ1) is 25.6. The fourth-order valence-corrected chi connectivity index (χ4v) is 3.03. The molecule has 9 heteroatoms. The number of rotatable bonds is 10. The summed E-state index contributed by atoms with van der Waals surface area (Å²) in [5.41, 5.74) is 4.30. The molecule has 2 aromatic rings. The Morgan fingerprint density at radius 3 is 2.40 bits per heavy atom. The van der Waals surface area contributed by atoms with Crippen LogP contribution in [-0.4, -0.2) is 53.2 Å². The second-order valence-electron chi connectivity index (χ2n) is 8.04. The van der Waals surface area contributed by atoms with E-state index in [1.54, 1.807) is 30.3 Å². The SMILES string of the molecule is O=C(CNC1CC1)NC[C@H](NC(=O)c1ccc(C#C/C=C/c2ccc(CO)cc2)cc1)C(=O)NO. The predicted octanol–water partition coefficient (Wildman–Crippen LogP) is 0.716. The first-order chi connectivity index (χ1) is 17.0. The molecule has 182 valence electrons. The maximum Gasteiger partial charge on any atom is 0.267 e. The first-order valence-corrected chi connectivity index (χ1v) is 11.2. The quantitative estimate of drug-likeness (QED) is 0.170. The van der Waals surface area contributed by atoms with Crippen molar-refractivity contribution in [2.45, 2.75) is 31.5 Å². The molecule has 1 fully saturated rings. The van der Waals surface area contributed by atoms with Crippen molar-refractivity contribution in [3.63, 3.8) is 0 Å². The zero-order valence-electron chi connectivity index (χ0n) is 19.1. The van der Waals surface area contributed by atoms with E-state index >= 15 is 0 Å². The number of hydrogen-bond donors (Lipinski definition) is 6. The van der Waals surface area contributed by atoms with Crippen LogP contribution in [0.2, 0.25) is 0 Å². The van der Waals surface area contributed by atoms with E-state index in [0.29, 0.717) is 17.2 Å². The fourth-order valence-electron chi connectivity index (χ4n) is 3.03. The Bertz CT molecular complexity index is 1110. The summed E-state index contributed by atoms with van der Waals surface area (Å²) in [6, 6.07) is 13.2. The van der Waals surface area contributed by atoms with Crippen LogP contribution in [0.4, 0.5) is 0 Å². The standard InChI is InChI=1S/C26H28N4O5/c31-17-20-7-5-18(6-8-20)3-1-2-4-19-9-11-21(12-10-19)25(33)29-23(26(34)30-35)15-28-24(32)16-27-22-13-14-22/h1,3,5-12,22-23,27,31,35H,13-17H2,(H,28,32)(H,29,33)(H,30,34)/b3-1+/t23-/m0/s1. The third-order valence-electron chi connectivity index (χ3n) is 5.25. The van der Waals surface area contributed by atoms with Crippen LogP contribution in [0.1, 0.15) is 39.9 Å². The van der Waals surface area contributed by atoms with Gasteiger partial charge in [-0.2, -0.15) is 0 Å². The van der Waals surface area contributed by atoms with E-state index in [2.05, 4.69) is 27.8 Å². The van der Waals surface area contributed by atoms with Gasteiger partial charge in [-0.05, 0) is 60.4 Å². The van der Waals surface area contributed by atoms with Crippen molar-refractivity contribution >= 4 is 23.8 Å². The Morgan fingerprint density at radius 1 is 1.06 bits per heavy atom. The van der Waals surface area contributed by atoms with E-state index in [-0.39, 0.29) is 25.6 Å². The van der Waals surface area contributed by atoms with Gasteiger partial charge >= 0.3 is 0 Å². The van der Waals surface area contributed by atoms with Crippen molar-refractivity contribution in [2.24, 2.45) is 0 Å². The maximum atomic E-state index is 12.6. The van der Waals surface area contributed by atoms with Crippen LogP contribution in [0, 0.1) is 11.8 Å². The second kappa shape index (κ2) is 13.1. The van der Waals surface area contributed by atoms with Gasteiger partial charge in [0.15, 0.2) is 0 Å². The predicted molar refractivity (Wildman–Crippen MR) is 130 cm³/mol. The van der Waals surface area contributed by atoms with Crippen molar-refractivity contribution in [1.82, 2.24) is 21.4 Å². The Labute approximate surface area is 203 Å². The first-order valence-electron chi connectivity index (χ1n) is 11.2. The largest absolute Gasteiger partial charge is 0.392 e. The summed E-state index contributed by atoms with van der Waals surface area (Å²) < 4.78 is 0. The summed E-state index contributed by atoms with van der Waals surface area (Å²) in [7, 11) is 0. The van der Waals surface area contributed by atoms with Gasteiger partial charge in [0.2, 0.25) is 5.91 Å². The molecular weight excluding hydrogens is 448 g/mol. The molecular formula is C26H28N4O5. The Kier molecular flexibility index (Phi) is 9.57. The lowest BCUT2D eigenvalue weighted by Gasteiger charge is -2.17. The van der Waals surface area contributed by atoms with Crippen LogP contribution in [0.25, 0.3) is 6.08 Å². The van der Waals surface area contributed by atoms with Gasteiger partial charge in [-0.25, -0.2) is 5.48 Å². The molecule has 0 bridgehead atoms. The van der Waals surface area contributed by atoms with Crippen LogP contribution in [0.3, 0.4) is 0 Å². The van der Waals surface area contributed by atoms with E-state index in [0.717, 1.165) is 24.0 Å². The fraction of sp³-hybridized carbons (Fsp3) is 0.269. The maximum absolute atomic E-state index is 12.6. The molecule has 1 aliphatic carbocycles. The Balaban J connectivity index is 1.52. The second-order valence-corrected chi connectivity index (χ2v) is 8.04. The van der Waals surface area contributed by atoms with Gasteiger partial charge in [0.05, 0.1) is 13.2 Å². The minimum atomic E-state index is -1.14. The molecule has 0 spiro atoms. The number of amides is 3. The van der Waals surface area contributed by atoms with Crippen molar-refractivity contribution in [2.75, 3.05) is 13.1 Å². The number of allylic oxidation sites excluding steroid dienone is 1. The zero-order valence-corrected chi connectivity index (χ0v) is 19.1. The highest BCUT2D eigenvalue weighted by Gasteiger charge is 2.23. The van der Waals surface area contributed by atoms with Gasteiger partial charge in [0.1, 0.15) is 6.04 Å². The highest BCUT2D eigenvalue weighted by Crippen LogP contribution is 2.17. The van der Waals surface area contributed by atoms with Gasteiger partial charge in [-0.1, -0.05) is 36.1 Å². The molecule has 1 atom stereocenters. The van der Waals surface area contributed by atoms with E-state index < -0.39 is 17.9 Å². The molecule has 1 saturated carbocycles. The minimum absolute atomic E-state index is 0.00172. The number of hydroxylamine groups is 1. The van der Waals surface area contributed by atoms with Crippen molar-refractivity contribution in [3.05, 3.63) is 76.9 Å². The van der Waals surface area contributed by atoms with Gasteiger partial charge in [-0.3, -0.25) is 19.6 Å². The molecule has 6 N–H and O–H groups in total. The smallest absolute Gasteiger partial charge is 0.267 e. The molecule has 1 aliphatic rings. The molecule has 9 nitrogen and oxygen atoms in total. The molecule has 3 amide bonds. The number of nitrogens with one attached hydrogen (secondary N) is 4. The number of carbonyl (C=O) groups is 3. The molecule has 0 saturated heterocycles. The van der Waals surface area contributed by atoms with E-state index in [1.807, 2.05) is 30.3 Å². The molecule has 2 aromatic carbocycles. The Hall–Kier alpha value is -3.97. The summed E-state index contributed by atoms with van der Waals surface area (Å²) >= 11 is 0. The summed E-state index contributed by atoms with van der Waals surface area (Å²) in [5.74, 6) is 4.22. The van der Waals surface area contributed by atoms with Crippen LogP contribution >= 0.6 is 0 Å². The number of carbonyl (C=O) groups excluding carboxylic acids is 3. The third kappa shape index (κ3) is 8.72. The van der Waals surface area contributed by atoms with Crippen LogP contribution in [0.5, 0.6) is 0 Å². The summed E-state index contributed by atoms with van der Waals surface area (Å²) in [6.45, 7) is -0.0383.